The number of para-hydroxylation sites is 1. The van der Waals surface area contributed by atoms with Crippen molar-refractivity contribution in [2.45, 2.75) is 25.8 Å². The van der Waals surface area contributed by atoms with Gasteiger partial charge in [-0.25, -0.2) is 4.79 Å². The van der Waals surface area contributed by atoms with Crippen molar-refractivity contribution in [3.63, 3.8) is 0 Å². The first kappa shape index (κ1) is 16.8. The number of hydrogen-bond acceptors (Lipinski definition) is 4. The molecule has 0 saturated carbocycles. The molecule has 6 nitrogen and oxygen atoms in total. The first-order valence-electron chi connectivity index (χ1n) is 8.41. The highest BCUT2D eigenvalue weighted by Crippen LogP contribution is 2.40. The molecule has 1 aromatic rings. The Morgan fingerprint density at radius 2 is 2.08 bits per heavy atom. The Bertz CT molecular complexity index is 633. The number of nitrogens with zero attached hydrogens (tertiary/aromatic N) is 2. The van der Waals surface area contributed by atoms with E-state index in [1.165, 1.54) is 0 Å². The van der Waals surface area contributed by atoms with Gasteiger partial charge in [-0.3, -0.25) is 9.69 Å². The zero-order valence-corrected chi connectivity index (χ0v) is 14.0. The number of amides is 1. The van der Waals surface area contributed by atoms with Gasteiger partial charge in [0.15, 0.2) is 6.61 Å². The summed E-state index contributed by atoms with van der Waals surface area (Å²) >= 11 is 0. The predicted molar refractivity (Wildman–Crippen MR) is 88.8 cm³/mol. The van der Waals surface area contributed by atoms with E-state index in [0.29, 0.717) is 12.3 Å². The van der Waals surface area contributed by atoms with E-state index < -0.39 is 5.97 Å². The number of carbonyl (C=O) groups excluding carboxylic acids is 1. The fraction of sp³-hybridized carbons (Fsp3) is 0.556. The van der Waals surface area contributed by atoms with Crippen molar-refractivity contribution in [3.8, 4) is 5.75 Å². The van der Waals surface area contributed by atoms with Crippen molar-refractivity contribution in [3.05, 3.63) is 29.8 Å². The molecule has 2 heterocycles. The second-order valence-corrected chi connectivity index (χ2v) is 6.86. The molecular weight excluding hydrogens is 308 g/mol. The van der Waals surface area contributed by atoms with E-state index in [2.05, 4.69) is 4.90 Å². The summed E-state index contributed by atoms with van der Waals surface area (Å²) in [4.78, 5) is 27.5. The average molecular weight is 332 g/mol. The van der Waals surface area contributed by atoms with Crippen LogP contribution in [0.4, 0.5) is 0 Å². The van der Waals surface area contributed by atoms with E-state index in [1.54, 1.807) is 6.07 Å². The van der Waals surface area contributed by atoms with Crippen molar-refractivity contribution < 1.29 is 19.4 Å². The highest BCUT2D eigenvalue weighted by molar-refractivity contribution is 5.83. The van der Waals surface area contributed by atoms with Gasteiger partial charge in [-0.05, 0) is 31.9 Å². The Labute approximate surface area is 142 Å². The number of carboxylic acid groups (broad SMARTS) is 1. The molecule has 1 atom stereocenters. The van der Waals surface area contributed by atoms with Crippen LogP contribution in [0, 0.1) is 5.41 Å². The Kier molecular flexibility index (Phi) is 4.76. The first-order chi connectivity index (χ1) is 11.5. The fourth-order valence-corrected chi connectivity index (χ4v) is 3.90. The first-order valence-corrected chi connectivity index (χ1v) is 8.41. The molecule has 1 spiro atoms. The van der Waals surface area contributed by atoms with Crippen molar-refractivity contribution in [1.82, 2.24) is 9.80 Å². The number of carbonyl (C=O) groups is 2. The summed E-state index contributed by atoms with van der Waals surface area (Å²) in [6, 6.07) is 7.51. The van der Waals surface area contributed by atoms with Gasteiger partial charge in [0.25, 0.3) is 0 Å². The molecule has 0 bridgehead atoms. The van der Waals surface area contributed by atoms with Gasteiger partial charge in [0.05, 0.1) is 5.41 Å². The minimum absolute atomic E-state index is 0.232. The van der Waals surface area contributed by atoms with Gasteiger partial charge in [-0.1, -0.05) is 18.2 Å². The van der Waals surface area contributed by atoms with Crippen LogP contribution in [0.5, 0.6) is 5.75 Å². The maximum Gasteiger partial charge on any atom is 0.341 e. The molecule has 3 rings (SSSR count). The van der Waals surface area contributed by atoms with Crippen LogP contribution in [0.2, 0.25) is 0 Å². The highest BCUT2D eigenvalue weighted by Gasteiger charge is 2.47. The number of likely N-dealkylation sites (tertiary alicyclic amines) is 2. The summed E-state index contributed by atoms with van der Waals surface area (Å²) in [5.74, 6) is -0.111. The summed E-state index contributed by atoms with van der Waals surface area (Å²) < 4.78 is 5.38. The zero-order valence-electron chi connectivity index (χ0n) is 14.0. The maximum atomic E-state index is 12.6. The zero-order chi connectivity index (χ0) is 17.2. The SMILES string of the molecule is CN1CCC[C@@]2(CCN(Cc3ccccc3OCC(=O)O)C2)C1=O. The normalized spacial score (nSPS) is 24.5. The average Bonchev–Trinajstić information content (AvgIpc) is 2.95. The van der Waals surface area contributed by atoms with E-state index in [1.807, 2.05) is 30.1 Å². The maximum absolute atomic E-state index is 12.6. The summed E-state index contributed by atoms with van der Waals surface area (Å²) in [5, 5.41) is 8.79. The Hall–Kier alpha value is -2.08. The Balaban J connectivity index is 1.68. The number of aliphatic carboxylic acids is 1. The lowest BCUT2D eigenvalue weighted by molar-refractivity contribution is -0.144. The third kappa shape index (κ3) is 3.38. The standard InChI is InChI=1S/C18H24N2O4/c1-19-9-4-7-18(17(19)23)8-10-20(13-18)11-14-5-2-3-6-15(14)24-12-16(21)22/h2-3,5-6H,4,7-13H2,1H3,(H,21,22)/t18-/m0/s1. The minimum atomic E-state index is -0.985. The molecule has 1 aromatic carbocycles. The van der Waals surface area contributed by atoms with Crippen LogP contribution in [-0.4, -0.2) is 60.1 Å². The van der Waals surface area contributed by atoms with E-state index in [-0.39, 0.29) is 17.9 Å². The monoisotopic (exact) mass is 332 g/mol. The lowest BCUT2D eigenvalue weighted by atomic mass is 9.78. The largest absolute Gasteiger partial charge is 0.482 e. The number of piperidine rings is 1. The number of carboxylic acids is 1. The van der Waals surface area contributed by atoms with E-state index in [9.17, 15) is 9.59 Å². The predicted octanol–water partition coefficient (Wildman–Crippen LogP) is 1.59. The van der Waals surface area contributed by atoms with Crippen LogP contribution in [0.3, 0.4) is 0 Å². The third-order valence-electron chi connectivity index (χ3n) is 5.10. The molecule has 1 amide bonds. The number of ether oxygens (including phenoxy) is 1. The molecule has 2 aliphatic heterocycles. The molecule has 6 heteroatoms. The van der Waals surface area contributed by atoms with Gasteiger partial charge in [0.2, 0.25) is 5.91 Å². The van der Waals surface area contributed by atoms with Gasteiger partial charge in [-0.15, -0.1) is 0 Å². The van der Waals surface area contributed by atoms with Gasteiger partial charge in [0.1, 0.15) is 5.75 Å². The van der Waals surface area contributed by atoms with Gasteiger partial charge >= 0.3 is 5.97 Å². The Morgan fingerprint density at radius 1 is 1.29 bits per heavy atom. The summed E-state index contributed by atoms with van der Waals surface area (Å²) in [6.45, 7) is 2.83. The van der Waals surface area contributed by atoms with Crippen molar-refractivity contribution in [2.24, 2.45) is 5.41 Å². The fourth-order valence-electron chi connectivity index (χ4n) is 3.90. The molecule has 0 aliphatic carbocycles. The lowest BCUT2D eigenvalue weighted by Crippen LogP contribution is -2.48. The quantitative estimate of drug-likeness (QED) is 0.887. The van der Waals surface area contributed by atoms with Crippen molar-refractivity contribution >= 4 is 11.9 Å². The number of benzene rings is 1. The van der Waals surface area contributed by atoms with Crippen LogP contribution in [0.1, 0.15) is 24.8 Å². The second-order valence-electron chi connectivity index (χ2n) is 6.86. The van der Waals surface area contributed by atoms with Gasteiger partial charge in [-0.2, -0.15) is 0 Å². The summed E-state index contributed by atoms with van der Waals surface area (Å²) in [6.07, 6.45) is 2.92. The number of hydrogen-bond donors (Lipinski definition) is 1. The van der Waals surface area contributed by atoms with E-state index >= 15 is 0 Å². The molecule has 0 radical (unpaired) electrons. The Morgan fingerprint density at radius 3 is 2.88 bits per heavy atom. The molecule has 24 heavy (non-hydrogen) atoms. The van der Waals surface area contributed by atoms with Gasteiger partial charge < -0.3 is 14.7 Å². The molecule has 1 N–H and O–H groups in total. The molecule has 2 aliphatic rings. The van der Waals surface area contributed by atoms with E-state index in [0.717, 1.165) is 44.5 Å². The molecule has 0 unspecified atom stereocenters. The molecule has 2 saturated heterocycles. The van der Waals surface area contributed by atoms with E-state index in [4.69, 9.17) is 9.84 Å². The smallest absolute Gasteiger partial charge is 0.341 e. The lowest BCUT2D eigenvalue weighted by Gasteiger charge is -2.37. The molecular formula is C18H24N2O4. The molecule has 130 valence electrons. The summed E-state index contributed by atoms with van der Waals surface area (Å²) in [7, 11) is 1.89. The molecule has 0 aromatic heterocycles. The van der Waals surface area contributed by atoms with Crippen LogP contribution in [0.25, 0.3) is 0 Å². The van der Waals surface area contributed by atoms with Crippen LogP contribution in [-0.2, 0) is 16.1 Å². The van der Waals surface area contributed by atoms with Crippen LogP contribution >= 0.6 is 0 Å². The van der Waals surface area contributed by atoms with Crippen LogP contribution < -0.4 is 4.74 Å². The summed E-state index contributed by atoms with van der Waals surface area (Å²) in [5.41, 5.74) is 0.733. The number of rotatable bonds is 5. The highest BCUT2D eigenvalue weighted by atomic mass is 16.5. The van der Waals surface area contributed by atoms with Crippen LogP contribution in [0.15, 0.2) is 24.3 Å². The second kappa shape index (κ2) is 6.81. The topological polar surface area (TPSA) is 70.1 Å². The third-order valence-corrected chi connectivity index (χ3v) is 5.10. The molecule has 2 fully saturated rings. The van der Waals surface area contributed by atoms with Crippen molar-refractivity contribution in [2.75, 3.05) is 33.3 Å². The van der Waals surface area contributed by atoms with Gasteiger partial charge in [0, 0.05) is 32.2 Å². The van der Waals surface area contributed by atoms with Crippen molar-refractivity contribution in [1.29, 1.82) is 0 Å². The minimum Gasteiger partial charge on any atom is -0.482 e.